The van der Waals surface area contributed by atoms with E-state index in [-0.39, 0.29) is 12.0 Å². The molecule has 0 amide bonds. The topological polar surface area (TPSA) is 46.2 Å². The van der Waals surface area contributed by atoms with Crippen LogP contribution < -0.4 is 5.73 Å². The summed E-state index contributed by atoms with van der Waals surface area (Å²) < 4.78 is 0. The van der Waals surface area contributed by atoms with E-state index >= 15 is 0 Å². The lowest BCUT2D eigenvalue weighted by molar-refractivity contribution is 0.0192. The molecule has 1 aliphatic carbocycles. The molecule has 2 nitrogen and oxygen atoms in total. The van der Waals surface area contributed by atoms with Crippen LogP contribution in [-0.4, -0.2) is 18.3 Å². The maximum atomic E-state index is 9.61. The Morgan fingerprint density at radius 3 is 2.62 bits per heavy atom. The van der Waals surface area contributed by atoms with E-state index in [4.69, 9.17) is 5.73 Å². The second-order valence-electron chi connectivity index (χ2n) is 5.08. The van der Waals surface area contributed by atoms with Crippen molar-refractivity contribution in [2.24, 2.45) is 11.1 Å². The van der Waals surface area contributed by atoms with Crippen LogP contribution in [0.15, 0.2) is 24.3 Å². The average Bonchev–Trinajstić information content (AvgIpc) is 2.23. The van der Waals surface area contributed by atoms with Gasteiger partial charge in [0.25, 0.3) is 0 Å². The molecule has 0 saturated heterocycles. The fraction of sp³-hybridized carbons (Fsp3) is 0.571. The van der Waals surface area contributed by atoms with Crippen molar-refractivity contribution in [1.82, 2.24) is 0 Å². The molecule has 2 heteroatoms. The lowest BCUT2D eigenvalue weighted by Gasteiger charge is -2.46. The largest absolute Gasteiger partial charge is 0.396 e. The molecule has 3 N–H and O–H groups in total. The van der Waals surface area contributed by atoms with Gasteiger partial charge in [0.2, 0.25) is 0 Å². The van der Waals surface area contributed by atoms with Gasteiger partial charge in [-0.3, -0.25) is 0 Å². The van der Waals surface area contributed by atoms with Crippen LogP contribution in [-0.2, 0) is 0 Å². The van der Waals surface area contributed by atoms with Gasteiger partial charge in [0, 0.05) is 17.9 Å². The number of hydrogen-bond donors (Lipinski definition) is 2. The van der Waals surface area contributed by atoms with Crippen LogP contribution in [0.2, 0.25) is 0 Å². The Morgan fingerprint density at radius 1 is 1.44 bits per heavy atom. The Balaban J connectivity index is 2.28. The van der Waals surface area contributed by atoms with E-state index in [1.54, 1.807) is 0 Å². The van der Waals surface area contributed by atoms with E-state index in [9.17, 15) is 5.11 Å². The number of aliphatic hydroxyl groups is 1. The van der Waals surface area contributed by atoms with Crippen molar-refractivity contribution in [3.63, 3.8) is 0 Å². The molecule has 1 atom stereocenters. The molecule has 0 radical (unpaired) electrons. The van der Waals surface area contributed by atoms with Crippen LogP contribution in [0, 0.1) is 12.3 Å². The molecule has 1 aromatic carbocycles. The molecule has 16 heavy (non-hydrogen) atoms. The molecule has 2 rings (SSSR count). The van der Waals surface area contributed by atoms with E-state index in [1.165, 1.54) is 17.5 Å². The Morgan fingerprint density at radius 2 is 2.19 bits per heavy atom. The van der Waals surface area contributed by atoms with Crippen LogP contribution in [0.4, 0.5) is 0 Å². The third kappa shape index (κ3) is 1.87. The zero-order chi connectivity index (χ0) is 11.6. The average molecular weight is 219 g/mol. The normalized spacial score (nSPS) is 20.2. The van der Waals surface area contributed by atoms with Crippen molar-refractivity contribution in [3.8, 4) is 0 Å². The third-order valence-electron chi connectivity index (χ3n) is 4.08. The van der Waals surface area contributed by atoms with Crippen molar-refractivity contribution in [1.29, 1.82) is 0 Å². The van der Waals surface area contributed by atoms with Crippen molar-refractivity contribution in [2.75, 3.05) is 13.2 Å². The van der Waals surface area contributed by atoms with Crippen LogP contribution in [0.1, 0.15) is 36.3 Å². The molecular weight excluding hydrogens is 198 g/mol. The third-order valence-corrected chi connectivity index (χ3v) is 4.08. The minimum Gasteiger partial charge on any atom is -0.396 e. The minimum atomic E-state index is 0.0581. The van der Waals surface area contributed by atoms with E-state index in [2.05, 4.69) is 31.2 Å². The molecule has 0 aromatic heterocycles. The highest BCUT2D eigenvalue weighted by atomic mass is 16.3. The number of aryl methyl sites for hydroxylation is 1. The maximum Gasteiger partial charge on any atom is 0.0493 e. The Kier molecular flexibility index (Phi) is 3.31. The molecule has 1 saturated carbocycles. The highest BCUT2D eigenvalue weighted by Gasteiger charge is 2.43. The van der Waals surface area contributed by atoms with Crippen LogP contribution >= 0.6 is 0 Å². The van der Waals surface area contributed by atoms with Gasteiger partial charge in [-0.25, -0.2) is 0 Å². The molecular formula is C14H21NO. The fourth-order valence-corrected chi connectivity index (χ4v) is 2.87. The summed E-state index contributed by atoms with van der Waals surface area (Å²) >= 11 is 0. The van der Waals surface area contributed by atoms with Crippen molar-refractivity contribution in [3.05, 3.63) is 35.4 Å². The second-order valence-corrected chi connectivity index (χ2v) is 5.08. The first-order valence-electron chi connectivity index (χ1n) is 6.09. The van der Waals surface area contributed by atoms with E-state index < -0.39 is 0 Å². The first-order chi connectivity index (χ1) is 7.72. The van der Waals surface area contributed by atoms with Gasteiger partial charge in [-0.1, -0.05) is 36.2 Å². The summed E-state index contributed by atoms with van der Waals surface area (Å²) in [5.74, 6) is 0.311. The zero-order valence-corrected chi connectivity index (χ0v) is 9.95. The zero-order valence-electron chi connectivity index (χ0n) is 9.95. The Bertz CT molecular complexity index is 352. The van der Waals surface area contributed by atoms with Crippen molar-refractivity contribution in [2.45, 2.75) is 32.1 Å². The monoisotopic (exact) mass is 219 g/mol. The van der Waals surface area contributed by atoms with Crippen LogP contribution in [0.5, 0.6) is 0 Å². The number of nitrogens with two attached hydrogens (primary N) is 1. The standard InChI is InChI=1S/C14H21NO/c1-11-4-2-5-12(8-11)13(9-15)14(10-16)6-3-7-14/h2,4-5,8,13,16H,3,6-7,9-10,15H2,1H3/t13-/m1/s1. The predicted molar refractivity (Wildman–Crippen MR) is 66.3 cm³/mol. The number of hydrogen-bond acceptors (Lipinski definition) is 2. The summed E-state index contributed by atoms with van der Waals surface area (Å²) in [6.07, 6.45) is 3.45. The Labute approximate surface area is 97.5 Å². The van der Waals surface area contributed by atoms with Crippen molar-refractivity contribution < 1.29 is 5.11 Å². The highest BCUT2D eigenvalue weighted by Crippen LogP contribution is 2.50. The fourth-order valence-electron chi connectivity index (χ4n) is 2.87. The highest BCUT2D eigenvalue weighted by molar-refractivity contribution is 5.28. The van der Waals surface area contributed by atoms with Gasteiger partial charge in [0.05, 0.1) is 0 Å². The van der Waals surface area contributed by atoms with Gasteiger partial charge in [-0.05, 0) is 31.9 Å². The number of aliphatic hydroxyl groups excluding tert-OH is 1. The van der Waals surface area contributed by atoms with Gasteiger partial charge in [0.15, 0.2) is 0 Å². The quantitative estimate of drug-likeness (QED) is 0.815. The summed E-state index contributed by atoms with van der Waals surface area (Å²) in [6.45, 7) is 3.00. The lowest BCUT2D eigenvalue weighted by atomic mass is 9.59. The first-order valence-corrected chi connectivity index (χ1v) is 6.09. The Hall–Kier alpha value is -0.860. The van der Waals surface area contributed by atoms with E-state index in [1.807, 2.05) is 0 Å². The molecule has 0 spiro atoms. The van der Waals surface area contributed by atoms with Crippen molar-refractivity contribution >= 4 is 0 Å². The minimum absolute atomic E-state index is 0.0581. The molecule has 1 aromatic rings. The molecule has 1 fully saturated rings. The molecule has 0 unspecified atom stereocenters. The smallest absolute Gasteiger partial charge is 0.0493 e. The van der Waals surface area contributed by atoms with Gasteiger partial charge < -0.3 is 10.8 Å². The SMILES string of the molecule is Cc1cccc([C@@H](CN)C2(CO)CCC2)c1. The second kappa shape index (κ2) is 4.56. The summed E-state index contributed by atoms with van der Waals surface area (Å²) in [6, 6.07) is 8.52. The molecule has 0 heterocycles. The van der Waals surface area contributed by atoms with Crippen LogP contribution in [0.25, 0.3) is 0 Å². The number of rotatable bonds is 4. The predicted octanol–water partition coefficient (Wildman–Crippen LogP) is 2.20. The summed E-state index contributed by atoms with van der Waals surface area (Å²) in [5, 5.41) is 9.61. The van der Waals surface area contributed by atoms with Gasteiger partial charge in [0.1, 0.15) is 0 Å². The van der Waals surface area contributed by atoms with E-state index in [0.717, 1.165) is 12.8 Å². The summed E-state index contributed by atoms with van der Waals surface area (Å²) in [4.78, 5) is 0. The van der Waals surface area contributed by atoms with Gasteiger partial charge in [-0.15, -0.1) is 0 Å². The molecule has 0 bridgehead atoms. The van der Waals surface area contributed by atoms with E-state index in [0.29, 0.717) is 12.5 Å². The summed E-state index contributed by atoms with van der Waals surface area (Å²) in [5.41, 5.74) is 8.53. The molecule has 1 aliphatic rings. The molecule has 88 valence electrons. The lowest BCUT2D eigenvalue weighted by Crippen LogP contribution is -2.42. The number of benzene rings is 1. The van der Waals surface area contributed by atoms with Crippen LogP contribution in [0.3, 0.4) is 0 Å². The first kappa shape index (κ1) is 11.6. The molecule has 0 aliphatic heterocycles. The summed E-state index contributed by atoms with van der Waals surface area (Å²) in [7, 11) is 0. The maximum absolute atomic E-state index is 9.61. The van der Waals surface area contributed by atoms with Gasteiger partial charge in [-0.2, -0.15) is 0 Å². The van der Waals surface area contributed by atoms with Gasteiger partial charge >= 0.3 is 0 Å².